The molecule has 0 aliphatic carbocycles. The molecule has 0 atom stereocenters. The first-order valence-electron chi connectivity index (χ1n) is 11.0. The average Bonchev–Trinajstić information content (AvgIpc) is 2.85. The lowest BCUT2D eigenvalue weighted by Gasteiger charge is -2.37. The number of carbonyl (C=O) groups is 3. The summed E-state index contributed by atoms with van der Waals surface area (Å²) in [5.41, 5.74) is 3.85. The maximum Gasteiger partial charge on any atom is 0.326 e. The molecule has 0 aromatic heterocycles. The number of urea groups is 1. The Kier molecular flexibility index (Phi) is 5.52. The van der Waals surface area contributed by atoms with Crippen molar-refractivity contribution in [1.82, 2.24) is 0 Å². The third kappa shape index (κ3) is 4.05. The second kappa shape index (κ2) is 8.78. The van der Waals surface area contributed by atoms with E-state index in [9.17, 15) is 14.4 Å². The number of rotatable bonds is 3. The van der Waals surface area contributed by atoms with Gasteiger partial charge >= 0.3 is 6.03 Å². The Bertz CT molecular complexity index is 1210. The van der Waals surface area contributed by atoms with Gasteiger partial charge in [0.15, 0.2) is 0 Å². The van der Waals surface area contributed by atoms with Crippen molar-refractivity contribution >= 4 is 40.6 Å². The Morgan fingerprint density at radius 1 is 0.788 bits per heavy atom. The molecule has 2 aliphatic rings. The number of amides is 4. The Morgan fingerprint density at radius 2 is 1.45 bits per heavy atom. The molecule has 2 aliphatic heterocycles. The van der Waals surface area contributed by atoms with E-state index in [0.29, 0.717) is 23.6 Å². The smallest absolute Gasteiger partial charge is 0.311 e. The maximum atomic E-state index is 13.3. The number of fused-ring (bicyclic) bond motifs is 2. The van der Waals surface area contributed by atoms with E-state index >= 15 is 0 Å². The Hall–Kier alpha value is -4.13. The minimum absolute atomic E-state index is 0.0711. The Labute approximate surface area is 192 Å². The second-order valence-electron chi connectivity index (χ2n) is 8.13. The van der Waals surface area contributed by atoms with Crippen LogP contribution >= 0.6 is 0 Å². The summed E-state index contributed by atoms with van der Waals surface area (Å²) in [6.07, 6.45) is 1.83. The summed E-state index contributed by atoms with van der Waals surface area (Å²) in [6, 6.07) is 23.8. The van der Waals surface area contributed by atoms with Crippen molar-refractivity contribution < 1.29 is 14.4 Å². The van der Waals surface area contributed by atoms with Crippen molar-refractivity contribution in [2.75, 3.05) is 39.7 Å². The van der Waals surface area contributed by atoms with Crippen molar-refractivity contribution in [3.63, 3.8) is 0 Å². The van der Waals surface area contributed by atoms with Crippen molar-refractivity contribution in [2.24, 2.45) is 0 Å². The van der Waals surface area contributed by atoms with Gasteiger partial charge in [0.2, 0.25) is 11.8 Å². The quantitative estimate of drug-likeness (QED) is 0.668. The van der Waals surface area contributed by atoms with Gasteiger partial charge < -0.3 is 10.2 Å². The molecule has 0 saturated heterocycles. The highest BCUT2D eigenvalue weighted by Crippen LogP contribution is 2.34. The molecule has 5 rings (SSSR count). The van der Waals surface area contributed by atoms with Gasteiger partial charge in [0, 0.05) is 17.9 Å². The van der Waals surface area contributed by atoms with Crippen LogP contribution in [0.5, 0.6) is 0 Å². The summed E-state index contributed by atoms with van der Waals surface area (Å²) in [7, 11) is 0. The molecule has 4 amide bonds. The lowest BCUT2D eigenvalue weighted by Crippen LogP contribution is -2.52. The third-order valence-electron chi connectivity index (χ3n) is 6.03. The summed E-state index contributed by atoms with van der Waals surface area (Å²) < 4.78 is 0. The van der Waals surface area contributed by atoms with Gasteiger partial charge in [-0.1, -0.05) is 48.5 Å². The van der Waals surface area contributed by atoms with Crippen LogP contribution in [0, 0.1) is 0 Å². The van der Waals surface area contributed by atoms with E-state index < -0.39 is 6.03 Å². The lowest BCUT2D eigenvalue weighted by atomic mass is 10.0. The Balaban J connectivity index is 1.39. The number of hydrogen-bond acceptors (Lipinski definition) is 3. The van der Waals surface area contributed by atoms with E-state index in [1.54, 1.807) is 35.2 Å². The molecule has 0 unspecified atom stereocenters. The van der Waals surface area contributed by atoms with Crippen LogP contribution in [0.15, 0.2) is 78.9 Å². The van der Waals surface area contributed by atoms with Crippen LogP contribution in [0.2, 0.25) is 0 Å². The highest BCUT2D eigenvalue weighted by molar-refractivity contribution is 6.15. The van der Waals surface area contributed by atoms with Crippen LogP contribution in [-0.4, -0.2) is 37.5 Å². The van der Waals surface area contributed by atoms with Crippen LogP contribution in [0.4, 0.5) is 27.5 Å². The van der Waals surface area contributed by atoms with Crippen LogP contribution < -0.4 is 20.0 Å². The van der Waals surface area contributed by atoms with Gasteiger partial charge in [-0.3, -0.25) is 19.4 Å². The number of anilines is 4. The number of carbonyl (C=O) groups excluding carboxylic acids is 3. The summed E-state index contributed by atoms with van der Waals surface area (Å²) in [6.45, 7) is 0.420. The van der Waals surface area contributed by atoms with Gasteiger partial charge in [0.1, 0.15) is 13.1 Å². The summed E-state index contributed by atoms with van der Waals surface area (Å²) >= 11 is 0. The molecule has 33 heavy (non-hydrogen) atoms. The van der Waals surface area contributed by atoms with Gasteiger partial charge in [-0.15, -0.1) is 0 Å². The fourth-order valence-electron chi connectivity index (χ4n) is 4.44. The first-order chi connectivity index (χ1) is 16.1. The summed E-state index contributed by atoms with van der Waals surface area (Å²) in [4.78, 5) is 44.0. The number of nitrogens with one attached hydrogen (secondary N) is 1. The van der Waals surface area contributed by atoms with Crippen molar-refractivity contribution in [2.45, 2.75) is 12.8 Å². The summed E-state index contributed by atoms with van der Waals surface area (Å²) in [5.74, 6) is -0.428. The molecule has 2 heterocycles. The molecule has 166 valence electrons. The summed E-state index contributed by atoms with van der Waals surface area (Å²) in [5, 5.41) is 2.83. The first-order valence-corrected chi connectivity index (χ1v) is 11.0. The maximum absolute atomic E-state index is 13.3. The van der Waals surface area contributed by atoms with Gasteiger partial charge in [-0.05, 0) is 48.7 Å². The van der Waals surface area contributed by atoms with Gasteiger partial charge in [0.25, 0.3) is 0 Å². The molecule has 0 bridgehead atoms. The van der Waals surface area contributed by atoms with Crippen molar-refractivity contribution in [1.29, 1.82) is 0 Å². The minimum Gasteiger partial charge on any atom is -0.311 e. The van der Waals surface area contributed by atoms with Gasteiger partial charge in [0.05, 0.1) is 11.4 Å². The normalized spacial score (nSPS) is 15.0. The number of para-hydroxylation sites is 4. The topological polar surface area (TPSA) is 73.0 Å². The monoisotopic (exact) mass is 440 g/mol. The van der Waals surface area contributed by atoms with Crippen LogP contribution in [0.1, 0.15) is 12.0 Å². The molecule has 0 radical (unpaired) electrons. The molecule has 1 N–H and O–H groups in total. The second-order valence-corrected chi connectivity index (χ2v) is 8.13. The number of hydrogen-bond donors (Lipinski definition) is 1. The molecule has 7 heteroatoms. The van der Waals surface area contributed by atoms with E-state index in [4.69, 9.17) is 0 Å². The molecule has 7 nitrogen and oxygen atoms in total. The zero-order valence-electron chi connectivity index (χ0n) is 18.1. The first kappa shape index (κ1) is 20.8. The predicted molar refractivity (Wildman–Crippen MR) is 129 cm³/mol. The van der Waals surface area contributed by atoms with Crippen molar-refractivity contribution in [3.8, 4) is 0 Å². The average molecular weight is 441 g/mol. The van der Waals surface area contributed by atoms with Crippen LogP contribution in [0.25, 0.3) is 0 Å². The fraction of sp³-hybridized carbons (Fsp3) is 0.192. The fourth-order valence-corrected chi connectivity index (χ4v) is 4.44. The minimum atomic E-state index is -0.391. The SMILES string of the molecule is O=C(CN1C(=O)CN(C(=O)Nc2ccccc2)c2ccccc21)N1CCCc2ccccc21. The van der Waals surface area contributed by atoms with E-state index in [-0.39, 0.29) is 24.9 Å². The molecule has 0 saturated carbocycles. The van der Waals surface area contributed by atoms with E-state index in [1.165, 1.54) is 9.80 Å². The molecular weight excluding hydrogens is 416 g/mol. The molecule has 0 spiro atoms. The van der Waals surface area contributed by atoms with Crippen molar-refractivity contribution in [3.05, 3.63) is 84.4 Å². The van der Waals surface area contributed by atoms with Gasteiger partial charge in [-0.25, -0.2) is 4.79 Å². The molecular formula is C26H24N4O3. The number of aryl methyl sites for hydroxylation is 1. The standard InChI is InChI=1S/C26H24N4O3/c31-24(28-16-8-10-19-9-4-5-13-21(19)28)17-29-22-14-6-7-15-23(22)30(18-25(29)32)26(33)27-20-11-2-1-3-12-20/h1-7,9,11-15H,8,10,16-18H2,(H,27,33). The number of nitrogens with zero attached hydrogens (tertiary/aromatic N) is 3. The predicted octanol–water partition coefficient (Wildman–Crippen LogP) is 4.05. The zero-order chi connectivity index (χ0) is 22.8. The largest absolute Gasteiger partial charge is 0.326 e. The molecule has 0 fully saturated rings. The lowest BCUT2D eigenvalue weighted by molar-refractivity contribution is -0.122. The van der Waals surface area contributed by atoms with E-state index in [0.717, 1.165) is 24.1 Å². The van der Waals surface area contributed by atoms with Crippen LogP contribution in [0.3, 0.4) is 0 Å². The Morgan fingerprint density at radius 3 is 2.24 bits per heavy atom. The van der Waals surface area contributed by atoms with Gasteiger partial charge in [-0.2, -0.15) is 0 Å². The molecule has 3 aromatic carbocycles. The number of benzene rings is 3. The van der Waals surface area contributed by atoms with E-state index in [1.807, 2.05) is 48.5 Å². The zero-order valence-corrected chi connectivity index (χ0v) is 18.1. The highest BCUT2D eigenvalue weighted by atomic mass is 16.2. The third-order valence-corrected chi connectivity index (χ3v) is 6.03. The molecule has 3 aromatic rings. The van der Waals surface area contributed by atoms with Crippen LogP contribution in [-0.2, 0) is 16.0 Å². The highest BCUT2D eigenvalue weighted by Gasteiger charge is 2.35. The van der Waals surface area contributed by atoms with E-state index in [2.05, 4.69) is 5.32 Å².